The molecular weight excluding hydrogens is 1100 g/mol. The summed E-state index contributed by atoms with van der Waals surface area (Å²) in [6.07, 6.45) is 15.5. The van der Waals surface area contributed by atoms with Crippen molar-refractivity contribution < 1.29 is 20.4 Å². The van der Waals surface area contributed by atoms with Crippen LogP contribution in [-0.4, -0.2) is 50.3 Å². The SMILES string of the molecule is C(=C\c1cc(-c2ccccn2)nc(-c2ccccn2)c1)/c1ccccc1.C(=C\c1cc(-c2ccccn2)nc(-c2ccccn2)c1)/c1ccccc1.Oc1cc(O)cc(I)c1.Oc1cc(O)cc(I)c1. The number of rotatable bonds is 8. The molecule has 10 nitrogen and oxygen atoms in total. The third-order valence-corrected chi connectivity index (χ3v) is 10.9. The van der Waals surface area contributed by atoms with E-state index in [1.807, 2.05) is 179 Å². The van der Waals surface area contributed by atoms with Crippen LogP contribution in [0.1, 0.15) is 22.3 Å². The van der Waals surface area contributed by atoms with Crippen molar-refractivity contribution in [3.63, 3.8) is 0 Å². The van der Waals surface area contributed by atoms with Crippen LogP contribution in [-0.2, 0) is 0 Å². The van der Waals surface area contributed by atoms with Gasteiger partial charge in [-0.15, -0.1) is 0 Å². The molecule has 0 unspecified atom stereocenters. The highest BCUT2D eigenvalue weighted by Gasteiger charge is 2.09. The van der Waals surface area contributed by atoms with Gasteiger partial charge in [-0.3, -0.25) is 19.9 Å². The summed E-state index contributed by atoms with van der Waals surface area (Å²) in [6.45, 7) is 0. The Morgan fingerprint density at radius 2 is 0.529 bits per heavy atom. The van der Waals surface area contributed by atoms with Gasteiger partial charge < -0.3 is 20.4 Å². The average molecular weight is 1140 g/mol. The van der Waals surface area contributed by atoms with Crippen LogP contribution in [0.5, 0.6) is 23.0 Å². The first-order valence-corrected chi connectivity index (χ1v) is 23.8. The molecule has 4 aromatic carbocycles. The molecule has 12 heteroatoms. The topological polar surface area (TPSA) is 158 Å². The highest BCUT2D eigenvalue weighted by molar-refractivity contribution is 14.1. The van der Waals surface area contributed by atoms with Crippen LogP contribution >= 0.6 is 45.2 Å². The fourth-order valence-electron chi connectivity index (χ4n) is 6.51. The van der Waals surface area contributed by atoms with Crippen molar-refractivity contribution in [3.8, 4) is 68.5 Å². The van der Waals surface area contributed by atoms with E-state index in [0.717, 1.165) is 74.9 Å². The van der Waals surface area contributed by atoms with Crippen molar-refractivity contribution in [1.29, 1.82) is 0 Å². The number of phenolic OH excluding ortho intramolecular Hbond substituents is 4. The molecule has 70 heavy (non-hydrogen) atoms. The number of pyridine rings is 6. The molecule has 0 spiro atoms. The first kappa shape index (κ1) is 49.8. The molecule has 4 N–H and O–H groups in total. The zero-order valence-corrected chi connectivity index (χ0v) is 41.6. The number of hydrogen-bond donors (Lipinski definition) is 4. The van der Waals surface area contributed by atoms with E-state index in [2.05, 4.69) is 68.5 Å². The molecule has 0 atom stereocenters. The Hall–Kier alpha value is -8.08. The van der Waals surface area contributed by atoms with E-state index in [9.17, 15) is 0 Å². The quantitative estimate of drug-likeness (QED) is 0.108. The molecule has 6 aromatic heterocycles. The van der Waals surface area contributed by atoms with Gasteiger partial charge in [-0.25, -0.2) is 9.97 Å². The van der Waals surface area contributed by atoms with E-state index >= 15 is 0 Å². The van der Waals surface area contributed by atoms with E-state index in [0.29, 0.717) is 0 Å². The molecule has 0 aliphatic heterocycles. The molecule has 0 bridgehead atoms. The average Bonchev–Trinajstić information content (AvgIpc) is 3.39. The van der Waals surface area contributed by atoms with Crippen molar-refractivity contribution in [2.45, 2.75) is 0 Å². The predicted octanol–water partition coefficient (Wildman–Crippen LogP) is 14.2. The van der Waals surface area contributed by atoms with Crippen LogP contribution in [0.4, 0.5) is 0 Å². The lowest BCUT2D eigenvalue weighted by Crippen LogP contribution is -1.93. The fraction of sp³-hybridized carbons (Fsp3) is 0. The van der Waals surface area contributed by atoms with Gasteiger partial charge in [-0.1, -0.05) is 109 Å². The van der Waals surface area contributed by atoms with Crippen LogP contribution in [0, 0.1) is 7.14 Å². The Kier molecular flexibility index (Phi) is 18.4. The summed E-state index contributed by atoms with van der Waals surface area (Å²) < 4.78 is 1.65. The second-order valence-corrected chi connectivity index (χ2v) is 17.5. The molecule has 0 aliphatic carbocycles. The van der Waals surface area contributed by atoms with E-state index in [1.165, 1.54) is 12.1 Å². The smallest absolute Gasteiger partial charge is 0.120 e. The third-order valence-electron chi connectivity index (χ3n) is 9.67. The van der Waals surface area contributed by atoms with Crippen LogP contribution in [0.15, 0.2) is 219 Å². The first-order chi connectivity index (χ1) is 34.1. The number of halogens is 2. The Labute approximate surface area is 433 Å². The molecule has 0 aliphatic rings. The Bertz CT molecular complexity index is 2830. The van der Waals surface area contributed by atoms with E-state index in [-0.39, 0.29) is 23.0 Å². The molecule has 0 amide bonds. The lowest BCUT2D eigenvalue weighted by atomic mass is 10.1. The zero-order valence-electron chi connectivity index (χ0n) is 37.3. The summed E-state index contributed by atoms with van der Waals surface area (Å²) in [6, 6.07) is 60.9. The second-order valence-electron chi connectivity index (χ2n) is 15.0. The van der Waals surface area contributed by atoms with Gasteiger partial charge in [0.05, 0.1) is 45.6 Å². The normalized spacial score (nSPS) is 10.5. The first-order valence-electron chi connectivity index (χ1n) is 21.7. The molecule has 0 fully saturated rings. The van der Waals surface area contributed by atoms with Crippen molar-refractivity contribution in [1.82, 2.24) is 29.9 Å². The molecule has 344 valence electrons. The lowest BCUT2D eigenvalue weighted by molar-refractivity contribution is 0.448. The summed E-state index contributed by atoms with van der Waals surface area (Å²) in [5.41, 5.74) is 11.2. The van der Waals surface area contributed by atoms with E-state index in [1.54, 1.807) is 49.1 Å². The van der Waals surface area contributed by atoms with E-state index in [4.69, 9.17) is 30.4 Å². The number of nitrogens with zero attached hydrogens (tertiary/aromatic N) is 6. The number of benzene rings is 4. The van der Waals surface area contributed by atoms with E-state index < -0.39 is 0 Å². The minimum absolute atomic E-state index is 0.0967. The summed E-state index contributed by atoms with van der Waals surface area (Å²) in [7, 11) is 0. The minimum atomic E-state index is 0.0967. The van der Waals surface area contributed by atoms with Crippen LogP contribution < -0.4 is 0 Å². The van der Waals surface area contributed by atoms with Gasteiger partial charge in [0, 0.05) is 44.1 Å². The van der Waals surface area contributed by atoms with Crippen LogP contribution in [0.3, 0.4) is 0 Å². The number of aromatic hydroxyl groups is 4. The molecule has 0 saturated heterocycles. The molecular formula is C58H44I2N6O4. The summed E-state index contributed by atoms with van der Waals surface area (Å²) >= 11 is 4.02. The number of phenols is 4. The van der Waals surface area contributed by atoms with Gasteiger partial charge in [0.15, 0.2) is 0 Å². The van der Waals surface area contributed by atoms with Gasteiger partial charge >= 0.3 is 0 Å². The Balaban J connectivity index is 0.000000153. The maximum absolute atomic E-state index is 8.83. The fourth-order valence-corrected chi connectivity index (χ4v) is 7.79. The highest BCUT2D eigenvalue weighted by Crippen LogP contribution is 2.26. The zero-order chi connectivity index (χ0) is 48.9. The van der Waals surface area contributed by atoms with Gasteiger partial charge in [0.2, 0.25) is 0 Å². The maximum Gasteiger partial charge on any atom is 0.120 e. The highest BCUT2D eigenvalue weighted by atomic mass is 127. The van der Waals surface area contributed by atoms with Gasteiger partial charge in [0.25, 0.3) is 0 Å². The Morgan fingerprint density at radius 1 is 0.271 bits per heavy atom. The Morgan fingerprint density at radius 3 is 0.771 bits per heavy atom. The standard InChI is InChI=1S/2C23H17N3.2C6H5IO2/c2*1-2-8-18(9-3-1)12-13-19-16-22(20-10-4-6-14-24-20)26-23(17-19)21-11-5-7-15-25-21;2*7-4-1-5(8)3-6(9)2-4/h2*1-17H;2*1-3,8-9H/b2*13-12+;;. The summed E-state index contributed by atoms with van der Waals surface area (Å²) in [5, 5.41) is 35.3. The molecule has 10 rings (SSSR count). The molecule has 6 heterocycles. The third kappa shape index (κ3) is 16.0. The van der Waals surface area contributed by atoms with Crippen molar-refractivity contribution >= 4 is 69.5 Å². The maximum atomic E-state index is 8.83. The van der Waals surface area contributed by atoms with Gasteiger partial charge in [-0.2, -0.15) is 0 Å². The largest absolute Gasteiger partial charge is 0.508 e. The van der Waals surface area contributed by atoms with Crippen molar-refractivity contribution in [2.75, 3.05) is 0 Å². The minimum Gasteiger partial charge on any atom is -0.508 e. The second kappa shape index (κ2) is 25.9. The van der Waals surface area contributed by atoms with Crippen molar-refractivity contribution in [3.05, 3.63) is 248 Å². The molecule has 10 aromatic rings. The van der Waals surface area contributed by atoms with Crippen LogP contribution in [0.2, 0.25) is 0 Å². The summed E-state index contributed by atoms with van der Waals surface area (Å²) in [4.78, 5) is 27.3. The van der Waals surface area contributed by atoms with Gasteiger partial charge in [0.1, 0.15) is 23.0 Å². The number of hydrogen-bond acceptors (Lipinski definition) is 10. The molecule has 0 saturated carbocycles. The number of aromatic nitrogens is 6. The monoisotopic (exact) mass is 1140 g/mol. The van der Waals surface area contributed by atoms with Crippen LogP contribution in [0.25, 0.3) is 69.9 Å². The molecule has 0 radical (unpaired) electrons. The van der Waals surface area contributed by atoms with Gasteiger partial charge in [-0.05, 0) is 164 Å². The summed E-state index contributed by atoms with van der Waals surface area (Å²) in [5.74, 6) is 0.387. The predicted molar refractivity (Wildman–Crippen MR) is 297 cm³/mol. The van der Waals surface area contributed by atoms with Crippen molar-refractivity contribution in [2.24, 2.45) is 0 Å². The lowest BCUT2D eigenvalue weighted by Gasteiger charge is -2.06.